The van der Waals surface area contributed by atoms with Gasteiger partial charge in [-0.25, -0.2) is 0 Å². The minimum atomic E-state index is -2.77. The van der Waals surface area contributed by atoms with Crippen molar-refractivity contribution in [3.8, 4) is 0 Å². The summed E-state index contributed by atoms with van der Waals surface area (Å²) < 4.78 is -0.144. The van der Waals surface area contributed by atoms with Gasteiger partial charge in [-0.15, -0.1) is 0 Å². The van der Waals surface area contributed by atoms with Crippen LogP contribution in [0.3, 0.4) is 0 Å². The summed E-state index contributed by atoms with van der Waals surface area (Å²) in [4.78, 5) is 0. The summed E-state index contributed by atoms with van der Waals surface area (Å²) in [5.74, 6) is 0. The average Bonchev–Trinajstić information content (AvgIpc) is 3.44. The molecule has 5 rings (SSSR count). The SMILES string of the molecule is CCc1cc(CC)cc([Si](c2cc(CC)cc(CC)c2)(c2cc(CC)cc(CC)c2)[C]2([Ti+3])C=CC=C2Cc2ccccc2)c1.[Cl-].[Cl-].[Cl-]. The first-order valence-corrected chi connectivity index (χ1v) is 19.7. The van der Waals surface area contributed by atoms with E-state index in [-0.39, 0.29) is 40.6 Å². The molecule has 1 atom stereocenters. The van der Waals surface area contributed by atoms with Gasteiger partial charge in [0.15, 0.2) is 0 Å². The van der Waals surface area contributed by atoms with E-state index in [9.17, 15) is 0 Å². The summed E-state index contributed by atoms with van der Waals surface area (Å²) in [5, 5.41) is 4.69. The van der Waals surface area contributed by atoms with Gasteiger partial charge in [-0.3, -0.25) is 0 Å². The van der Waals surface area contributed by atoms with Gasteiger partial charge in [0.1, 0.15) is 0 Å². The summed E-state index contributed by atoms with van der Waals surface area (Å²) in [5.41, 5.74) is 11.7. The van der Waals surface area contributed by atoms with Gasteiger partial charge in [0.25, 0.3) is 0 Å². The van der Waals surface area contributed by atoms with Crippen LogP contribution in [0.5, 0.6) is 0 Å². The number of hydrogen-bond acceptors (Lipinski definition) is 0. The van der Waals surface area contributed by atoms with E-state index in [2.05, 4.69) is 165 Å². The van der Waals surface area contributed by atoms with Gasteiger partial charge in [-0.1, -0.05) is 0 Å². The molecule has 0 saturated heterocycles. The molecule has 0 N–H and O–H groups in total. The molecule has 5 heteroatoms. The minimum absolute atomic E-state index is 0. The van der Waals surface area contributed by atoms with Gasteiger partial charge in [0, 0.05) is 0 Å². The fourth-order valence-corrected chi connectivity index (χ4v) is 15.5. The molecule has 0 saturated carbocycles. The Balaban J connectivity index is 0.00000256. The fraction of sp³-hybridized carbons (Fsp3) is 0.333. The fourth-order valence-electron chi connectivity index (χ4n) is 7.27. The molecular weight excluding hydrogens is 687 g/mol. The molecule has 0 radical (unpaired) electrons. The Kier molecular flexibility index (Phi) is 16.0. The van der Waals surface area contributed by atoms with Crippen LogP contribution in [0.15, 0.2) is 109 Å². The first-order valence-electron chi connectivity index (χ1n) is 16.9. The zero-order chi connectivity index (χ0) is 31.3. The van der Waals surface area contributed by atoms with Crippen LogP contribution in [0, 0.1) is 0 Å². The molecule has 0 heterocycles. The summed E-state index contributed by atoms with van der Waals surface area (Å²) in [6.45, 7) is 13.9. The molecule has 0 aromatic heterocycles. The van der Waals surface area contributed by atoms with Crippen LogP contribution in [0.4, 0.5) is 0 Å². The van der Waals surface area contributed by atoms with Crippen LogP contribution in [0.1, 0.15) is 80.5 Å². The summed E-state index contributed by atoms with van der Waals surface area (Å²) in [6, 6.07) is 34.1. The molecule has 1 aliphatic rings. The van der Waals surface area contributed by atoms with E-state index in [0.29, 0.717) is 0 Å². The van der Waals surface area contributed by atoms with E-state index >= 15 is 0 Å². The van der Waals surface area contributed by atoms with Crippen molar-refractivity contribution >= 4 is 23.6 Å². The number of allylic oxidation sites excluding steroid dienone is 4. The van der Waals surface area contributed by atoms with Crippen LogP contribution in [-0.4, -0.2) is 8.07 Å². The van der Waals surface area contributed by atoms with E-state index in [0.717, 1.165) is 44.9 Å². The Hall–Kier alpha value is -1.84. The largest absolute Gasteiger partial charge is 1.00 e. The summed E-state index contributed by atoms with van der Waals surface area (Å²) in [6.07, 6.45) is 14.7. The molecule has 0 fully saturated rings. The monoisotopic (exact) mass is 734 g/mol. The van der Waals surface area contributed by atoms with Crippen molar-refractivity contribution in [2.45, 2.75) is 89.8 Å². The third-order valence-electron chi connectivity index (χ3n) is 9.89. The Morgan fingerprint density at radius 1 is 0.489 bits per heavy atom. The Morgan fingerprint density at radius 3 is 1.15 bits per heavy atom. The van der Waals surface area contributed by atoms with E-state index < -0.39 is 8.07 Å². The maximum Gasteiger partial charge on any atom is -1.00 e. The molecule has 1 unspecified atom stereocenters. The normalized spacial score (nSPS) is 15.4. The Labute approximate surface area is 316 Å². The molecule has 246 valence electrons. The van der Waals surface area contributed by atoms with Gasteiger partial charge in [0.2, 0.25) is 0 Å². The van der Waals surface area contributed by atoms with Crippen molar-refractivity contribution in [2.75, 3.05) is 0 Å². The molecular formula is C42H49Cl3SiTi. The topological polar surface area (TPSA) is 0 Å². The number of aryl methyl sites for hydroxylation is 6. The van der Waals surface area contributed by atoms with Crippen LogP contribution >= 0.6 is 0 Å². The van der Waals surface area contributed by atoms with Crippen molar-refractivity contribution in [2.24, 2.45) is 0 Å². The Morgan fingerprint density at radius 2 is 0.830 bits per heavy atom. The number of hydrogen-bond donors (Lipinski definition) is 0. The zero-order valence-corrected chi connectivity index (χ0v) is 33.7. The van der Waals surface area contributed by atoms with Crippen molar-refractivity contribution < 1.29 is 57.7 Å². The second-order valence-electron chi connectivity index (χ2n) is 12.5. The van der Waals surface area contributed by atoms with Gasteiger partial charge < -0.3 is 37.2 Å². The molecule has 0 aliphatic heterocycles. The van der Waals surface area contributed by atoms with E-state index in [1.165, 1.54) is 44.5 Å². The van der Waals surface area contributed by atoms with Gasteiger partial charge in [0.05, 0.1) is 0 Å². The molecule has 4 aromatic rings. The third-order valence-corrected chi connectivity index (χ3v) is 17.5. The van der Waals surface area contributed by atoms with Crippen molar-refractivity contribution in [1.82, 2.24) is 0 Å². The van der Waals surface area contributed by atoms with E-state index in [1.807, 2.05) is 0 Å². The van der Waals surface area contributed by atoms with Crippen molar-refractivity contribution in [1.29, 1.82) is 0 Å². The molecule has 0 nitrogen and oxygen atoms in total. The molecule has 0 bridgehead atoms. The second-order valence-corrected chi connectivity index (χ2v) is 18.5. The average molecular weight is 736 g/mol. The predicted molar refractivity (Wildman–Crippen MR) is 190 cm³/mol. The van der Waals surface area contributed by atoms with Gasteiger partial charge in [-0.2, -0.15) is 0 Å². The van der Waals surface area contributed by atoms with Crippen LogP contribution < -0.4 is 52.8 Å². The van der Waals surface area contributed by atoms with Crippen molar-refractivity contribution in [3.05, 3.63) is 148 Å². The zero-order valence-electron chi connectivity index (χ0n) is 28.9. The standard InChI is InChI=1S/C42H49Si.3ClH.Ti/c1-7-31-21-32(8-2)26-39(25-31)43(40-27-33(9-3)22-34(10-4)28-40,41-29-35(11-5)23-36(12-6)30-41)42-20-16-19-38(42)24-37-17-14-13-15-18-37;;;;/h13-23,25-30H,7-12,24H2,1-6H3;3*1H;/q;;;;+3/p-3. The first kappa shape index (κ1) is 41.3. The Bertz CT molecular complexity index is 1480. The van der Waals surface area contributed by atoms with Gasteiger partial charge in [-0.05, 0) is 0 Å². The maximum absolute atomic E-state index is 2.77. The quantitative estimate of drug-likeness (QED) is 0.137. The van der Waals surface area contributed by atoms with Crippen LogP contribution in [-0.2, 0) is 65.4 Å². The summed E-state index contributed by atoms with van der Waals surface area (Å²) >= 11 is 2.59. The van der Waals surface area contributed by atoms with Crippen LogP contribution in [0.25, 0.3) is 0 Å². The first-order chi connectivity index (χ1) is 21.3. The molecule has 47 heavy (non-hydrogen) atoms. The van der Waals surface area contributed by atoms with Crippen LogP contribution in [0.2, 0.25) is 3.34 Å². The number of benzene rings is 4. The number of rotatable bonds is 12. The predicted octanol–water partition coefficient (Wildman–Crippen LogP) is -0.473. The molecule has 0 amide bonds. The van der Waals surface area contributed by atoms with Gasteiger partial charge >= 0.3 is 282 Å². The molecule has 0 spiro atoms. The summed E-state index contributed by atoms with van der Waals surface area (Å²) in [7, 11) is -2.77. The smallest absolute Gasteiger partial charge is 1.00 e. The minimum Gasteiger partial charge on any atom is -1.00 e. The third kappa shape index (κ3) is 8.15. The van der Waals surface area contributed by atoms with Crippen molar-refractivity contribution in [3.63, 3.8) is 0 Å². The molecule has 1 aliphatic carbocycles. The molecule has 4 aromatic carbocycles. The van der Waals surface area contributed by atoms with E-state index in [1.54, 1.807) is 15.6 Å². The second kappa shape index (κ2) is 18.2. The maximum atomic E-state index is 2.61. The van der Waals surface area contributed by atoms with E-state index in [4.69, 9.17) is 0 Å². The number of halogens is 3.